The van der Waals surface area contributed by atoms with Gasteiger partial charge in [0.15, 0.2) is 0 Å². The van der Waals surface area contributed by atoms with E-state index >= 15 is 0 Å². The minimum Gasteiger partial charge on any atom is -0.372 e. The van der Waals surface area contributed by atoms with Crippen molar-refractivity contribution in [3.8, 4) is 0 Å². The maximum Gasteiger partial charge on any atom is 0.321 e. The van der Waals surface area contributed by atoms with Gasteiger partial charge in [0.05, 0.1) is 13.2 Å². The van der Waals surface area contributed by atoms with Crippen molar-refractivity contribution in [1.82, 2.24) is 9.80 Å². The molecule has 0 bridgehead atoms. The van der Waals surface area contributed by atoms with Gasteiger partial charge < -0.3 is 19.9 Å². The minimum atomic E-state index is -0.0534. The Balaban J connectivity index is 1.31. The average molecular weight is 343 g/mol. The fraction of sp³-hybridized carbons (Fsp3) is 0.579. The first-order chi connectivity index (χ1) is 12.2. The third kappa shape index (κ3) is 3.49. The van der Waals surface area contributed by atoms with E-state index in [-0.39, 0.29) is 11.9 Å². The van der Waals surface area contributed by atoms with E-state index in [2.05, 4.69) is 5.32 Å². The van der Waals surface area contributed by atoms with Gasteiger partial charge in [0.1, 0.15) is 0 Å². The Labute approximate surface area is 148 Å². The summed E-state index contributed by atoms with van der Waals surface area (Å²) in [7, 11) is 0. The molecule has 2 fully saturated rings. The highest BCUT2D eigenvalue weighted by Crippen LogP contribution is 2.25. The summed E-state index contributed by atoms with van der Waals surface area (Å²) in [4.78, 5) is 28.5. The van der Waals surface area contributed by atoms with Crippen LogP contribution in [-0.4, -0.2) is 47.4 Å². The van der Waals surface area contributed by atoms with Gasteiger partial charge in [-0.2, -0.15) is 0 Å². The SMILES string of the molecule is O=C(Nc1ccc2c(c1)COC2)N1CCC(N2CCCCC2=O)CC1. The molecule has 6 heteroatoms. The first-order valence-electron chi connectivity index (χ1n) is 9.25. The van der Waals surface area contributed by atoms with Crippen LogP contribution in [0.2, 0.25) is 0 Å². The standard InChI is InChI=1S/C19H25N3O3/c23-18-3-1-2-8-22(18)17-6-9-21(10-7-17)19(24)20-16-5-4-14-12-25-13-15(14)11-16/h4-5,11,17H,1-3,6-10,12-13H2,(H,20,24). The van der Waals surface area contributed by atoms with Gasteiger partial charge in [0.2, 0.25) is 5.91 Å². The Hall–Kier alpha value is -2.08. The third-order valence-corrected chi connectivity index (χ3v) is 5.53. The molecule has 0 saturated carbocycles. The van der Waals surface area contributed by atoms with E-state index in [9.17, 15) is 9.59 Å². The van der Waals surface area contributed by atoms with Gasteiger partial charge in [-0.3, -0.25) is 4.79 Å². The number of nitrogens with one attached hydrogen (secondary N) is 1. The number of fused-ring (bicyclic) bond motifs is 1. The quantitative estimate of drug-likeness (QED) is 0.898. The van der Waals surface area contributed by atoms with Gasteiger partial charge in [-0.15, -0.1) is 0 Å². The number of rotatable bonds is 2. The van der Waals surface area contributed by atoms with Crippen LogP contribution in [0, 0.1) is 0 Å². The summed E-state index contributed by atoms with van der Waals surface area (Å²) < 4.78 is 5.41. The van der Waals surface area contributed by atoms with Gasteiger partial charge in [0, 0.05) is 37.8 Å². The van der Waals surface area contributed by atoms with Crippen molar-refractivity contribution in [3.63, 3.8) is 0 Å². The van der Waals surface area contributed by atoms with Crippen LogP contribution in [0.4, 0.5) is 10.5 Å². The van der Waals surface area contributed by atoms with Crippen LogP contribution in [-0.2, 0) is 22.7 Å². The van der Waals surface area contributed by atoms with Crippen LogP contribution in [0.25, 0.3) is 0 Å². The predicted molar refractivity (Wildman–Crippen MR) is 94.1 cm³/mol. The molecule has 0 aromatic heterocycles. The molecule has 3 aliphatic heterocycles. The van der Waals surface area contributed by atoms with Crippen LogP contribution in [0.15, 0.2) is 18.2 Å². The van der Waals surface area contributed by atoms with Crippen LogP contribution in [0.3, 0.4) is 0 Å². The second-order valence-corrected chi connectivity index (χ2v) is 7.17. The van der Waals surface area contributed by atoms with Crippen LogP contribution in [0.5, 0.6) is 0 Å². The first-order valence-corrected chi connectivity index (χ1v) is 9.25. The van der Waals surface area contributed by atoms with E-state index in [4.69, 9.17) is 4.74 Å². The Morgan fingerprint density at radius 3 is 2.68 bits per heavy atom. The van der Waals surface area contributed by atoms with Crippen LogP contribution < -0.4 is 5.32 Å². The molecular weight excluding hydrogens is 318 g/mol. The third-order valence-electron chi connectivity index (χ3n) is 5.53. The van der Waals surface area contributed by atoms with E-state index in [0.717, 1.165) is 43.5 Å². The van der Waals surface area contributed by atoms with Crippen molar-refractivity contribution in [3.05, 3.63) is 29.3 Å². The molecule has 1 N–H and O–H groups in total. The fourth-order valence-corrected chi connectivity index (χ4v) is 4.05. The molecule has 1 aromatic rings. The number of carbonyl (C=O) groups excluding carboxylic acids is 2. The largest absolute Gasteiger partial charge is 0.372 e. The molecule has 134 valence electrons. The number of anilines is 1. The lowest BCUT2D eigenvalue weighted by atomic mass is 10.00. The highest BCUT2D eigenvalue weighted by atomic mass is 16.5. The number of urea groups is 1. The Morgan fingerprint density at radius 2 is 1.88 bits per heavy atom. The van der Waals surface area contributed by atoms with E-state index in [1.807, 2.05) is 28.0 Å². The lowest BCUT2D eigenvalue weighted by molar-refractivity contribution is -0.136. The molecule has 3 amide bonds. The number of nitrogens with zero attached hydrogens (tertiary/aromatic N) is 2. The Morgan fingerprint density at radius 1 is 1.08 bits per heavy atom. The molecule has 4 rings (SSSR count). The molecule has 1 aromatic carbocycles. The maximum absolute atomic E-state index is 12.5. The molecule has 0 atom stereocenters. The first kappa shape index (κ1) is 16.4. The summed E-state index contributed by atoms with van der Waals surface area (Å²) in [5.41, 5.74) is 3.17. The number of amides is 3. The molecule has 25 heavy (non-hydrogen) atoms. The number of carbonyl (C=O) groups is 2. The summed E-state index contributed by atoms with van der Waals surface area (Å²) >= 11 is 0. The van der Waals surface area contributed by atoms with Crippen molar-refractivity contribution in [2.45, 2.75) is 51.4 Å². The number of piperidine rings is 2. The average Bonchev–Trinajstić information content (AvgIpc) is 3.10. The molecule has 3 aliphatic rings. The molecule has 0 aliphatic carbocycles. The van der Waals surface area contributed by atoms with Gasteiger partial charge in [-0.1, -0.05) is 6.07 Å². The zero-order chi connectivity index (χ0) is 17.2. The van der Waals surface area contributed by atoms with E-state index < -0.39 is 0 Å². The monoisotopic (exact) mass is 343 g/mol. The lowest BCUT2D eigenvalue weighted by Gasteiger charge is -2.40. The summed E-state index contributed by atoms with van der Waals surface area (Å²) in [6.45, 7) is 3.57. The van der Waals surface area contributed by atoms with Gasteiger partial charge in [0.25, 0.3) is 0 Å². The summed E-state index contributed by atoms with van der Waals surface area (Å²) in [6.07, 6.45) is 4.55. The van der Waals surface area contributed by atoms with Crippen molar-refractivity contribution in [2.75, 3.05) is 25.0 Å². The molecule has 0 radical (unpaired) electrons. The fourth-order valence-electron chi connectivity index (χ4n) is 4.05. The van der Waals surface area contributed by atoms with Crippen molar-refractivity contribution < 1.29 is 14.3 Å². The van der Waals surface area contributed by atoms with E-state index in [1.54, 1.807) is 0 Å². The van der Waals surface area contributed by atoms with Crippen molar-refractivity contribution in [2.24, 2.45) is 0 Å². The number of hydrogen-bond acceptors (Lipinski definition) is 3. The predicted octanol–water partition coefficient (Wildman–Crippen LogP) is 2.73. The minimum absolute atomic E-state index is 0.0534. The van der Waals surface area contributed by atoms with Gasteiger partial charge in [-0.25, -0.2) is 4.79 Å². The summed E-state index contributed by atoms with van der Waals surface area (Å²) in [5, 5.41) is 3.00. The normalized spacial score (nSPS) is 21.4. The number of hydrogen-bond donors (Lipinski definition) is 1. The highest BCUT2D eigenvalue weighted by Gasteiger charge is 2.30. The van der Waals surface area contributed by atoms with Crippen molar-refractivity contribution >= 4 is 17.6 Å². The molecular formula is C19H25N3O3. The highest BCUT2D eigenvalue weighted by molar-refractivity contribution is 5.89. The van der Waals surface area contributed by atoms with E-state index in [0.29, 0.717) is 38.8 Å². The van der Waals surface area contributed by atoms with Gasteiger partial charge in [-0.05, 0) is 48.9 Å². The number of benzene rings is 1. The summed E-state index contributed by atoms with van der Waals surface area (Å²) in [6, 6.07) is 6.20. The zero-order valence-corrected chi connectivity index (χ0v) is 14.5. The molecule has 0 unspecified atom stereocenters. The Kier molecular flexibility index (Phi) is 4.61. The second kappa shape index (κ2) is 7.04. The van der Waals surface area contributed by atoms with E-state index in [1.165, 1.54) is 5.56 Å². The van der Waals surface area contributed by atoms with Crippen LogP contribution >= 0.6 is 0 Å². The number of likely N-dealkylation sites (tertiary alicyclic amines) is 2. The topological polar surface area (TPSA) is 61.9 Å². The van der Waals surface area contributed by atoms with Crippen LogP contribution in [0.1, 0.15) is 43.2 Å². The molecule has 3 heterocycles. The second-order valence-electron chi connectivity index (χ2n) is 7.17. The summed E-state index contributed by atoms with van der Waals surface area (Å²) in [5.74, 6) is 0.287. The maximum atomic E-state index is 12.5. The molecule has 0 spiro atoms. The number of ether oxygens (including phenoxy) is 1. The zero-order valence-electron chi connectivity index (χ0n) is 14.5. The smallest absolute Gasteiger partial charge is 0.321 e. The van der Waals surface area contributed by atoms with Crippen molar-refractivity contribution in [1.29, 1.82) is 0 Å². The Bertz CT molecular complexity index is 668. The lowest BCUT2D eigenvalue weighted by Crippen LogP contribution is -2.50. The molecule has 2 saturated heterocycles. The molecule has 6 nitrogen and oxygen atoms in total. The van der Waals surface area contributed by atoms with Gasteiger partial charge >= 0.3 is 6.03 Å².